The highest BCUT2D eigenvalue weighted by molar-refractivity contribution is 6.08. The van der Waals surface area contributed by atoms with Crippen LogP contribution in [-0.2, 0) is 5.41 Å². The van der Waals surface area contributed by atoms with Gasteiger partial charge >= 0.3 is 0 Å². The molecule has 2 aliphatic carbocycles. The number of rotatable bonds is 0. The molecule has 0 saturated heterocycles. The number of H-pyrrole nitrogens is 1. The number of benzene rings is 1. The second-order valence-electron chi connectivity index (χ2n) is 7.82. The van der Waals surface area contributed by atoms with Gasteiger partial charge in [0.15, 0.2) is 0 Å². The molecule has 5 rings (SSSR count). The summed E-state index contributed by atoms with van der Waals surface area (Å²) < 4.78 is 0. The van der Waals surface area contributed by atoms with E-state index in [0.29, 0.717) is 0 Å². The van der Waals surface area contributed by atoms with Crippen molar-refractivity contribution in [2.24, 2.45) is 0 Å². The minimum atomic E-state index is -0.145. The average Bonchev–Trinajstić information content (AvgIpc) is 3.14. The van der Waals surface area contributed by atoms with Gasteiger partial charge in [-0.15, -0.1) is 0 Å². The van der Waals surface area contributed by atoms with Crippen LogP contribution in [0.15, 0.2) is 72.5 Å². The highest BCUT2D eigenvalue weighted by Gasteiger charge is 2.41. The molecule has 0 spiro atoms. The Bertz CT molecular complexity index is 1280. The molecule has 2 aliphatic rings. The Morgan fingerprint density at radius 1 is 1.07 bits per heavy atom. The summed E-state index contributed by atoms with van der Waals surface area (Å²) in [5.74, 6) is 0. The third-order valence-corrected chi connectivity index (χ3v) is 5.86. The first-order chi connectivity index (χ1) is 13.1. The van der Waals surface area contributed by atoms with E-state index in [1.165, 1.54) is 27.7 Å². The van der Waals surface area contributed by atoms with Crippen LogP contribution in [0.5, 0.6) is 0 Å². The summed E-state index contributed by atoms with van der Waals surface area (Å²) in [6, 6.07) is 12.7. The van der Waals surface area contributed by atoms with Gasteiger partial charge in [0.05, 0.1) is 11.0 Å². The number of pyridine rings is 1. The minimum absolute atomic E-state index is 0.145. The summed E-state index contributed by atoms with van der Waals surface area (Å²) in [5.41, 5.74) is 7.24. The summed E-state index contributed by atoms with van der Waals surface area (Å²) in [4.78, 5) is 8.46. The van der Waals surface area contributed by atoms with Crippen LogP contribution in [0.3, 0.4) is 0 Å². The molecule has 0 bridgehead atoms. The van der Waals surface area contributed by atoms with Gasteiger partial charge in [-0.3, -0.25) is 4.98 Å². The molecule has 1 aromatic carbocycles. The standard InChI is InChI=1S/C25H22N2/c1-16-18-12-7-8-14-20(18)27-23(16)22-21(17-10-5-4-6-11-17)24-19(25(22,2)3)13-9-15-26-24/h4-10,12-15,27H,1,11H2,2-3H3/b21-17+,23-22?. The number of hydrogen-bond donors (Lipinski definition) is 1. The predicted molar refractivity (Wildman–Crippen MR) is 114 cm³/mol. The van der Waals surface area contributed by atoms with E-state index in [-0.39, 0.29) is 5.41 Å². The molecule has 27 heavy (non-hydrogen) atoms. The summed E-state index contributed by atoms with van der Waals surface area (Å²) in [5, 5.41) is 3.38. The smallest absolute Gasteiger partial charge is 0.0749 e. The molecular weight excluding hydrogens is 328 g/mol. The first-order valence-corrected chi connectivity index (χ1v) is 9.42. The van der Waals surface area contributed by atoms with Gasteiger partial charge in [-0.05, 0) is 35.3 Å². The third kappa shape index (κ3) is 2.23. The number of para-hydroxylation sites is 1. The molecule has 1 N–H and O–H groups in total. The molecule has 0 unspecified atom stereocenters. The van der Waals surface area contributed by atoms with E-state index in [9.17, 15) is 0 Å². The van der Waals surface area contributed by atoms with Crippen LogP contribution in [0, 0.1) is 0 Å². The number of aromatic nitrogens is 2. The van der Waals surface area contributed by atoms with E-state index < -0.39 is 0 Å². The largest absolute Gasteiger partial charge is 0.354 e. The lowest BCUT2D eigenvalue weighted by molar-refractivity contribution is 0.704. The molecule has 0 atom stereocenters. The van der Waals surface area contributed by atoms with Crippen LogP contribution in [0.4, 0.5) is 0 Å². The van der Waals surface area contributed by atoms with E-state index in [0.717, 1.165) is 28.2 Å². The van der Waals surface area contributed by atoms with Crippen molar-refractivity contribution >= 4 is 28.6 Å². The monoisotopic (exact) mass is 350 g/mol. The Kier molecular flexibility index (Phi) is 3.38. The van der Waals surface area contributed by atoms with Crippen molar-refractivity contribution in [3.8, 4) is 0 Å². The minimum Gasteiger partial charge on any atom is -0.354 e. The van der Waals surface area contributed by atoms with Crippen LogP contribution in [0.1, 0.15) is 31.5 Å². The van der Waals surface area contributed by atoms with Crippen molar-refractivity contribution in [2.45, 2.75) is 25.7 Å². The Morgan fingerprint density at radius 2 is 1.93 bits per heavy atom. The number of fused-ring (bicyclic) bond motifs is 2. The second-order valence-corrected chi connectivity index (χ2v) is 7.82. The molecule has 132 valence electrons. The average molecular weight is 350 g/mol. The van der Waals surface area contributed by atoms with Crippen molar-refractivity contribution in [2.75, 3.05) is 0 Å². The van der Waals surface area contributed by atoms with E-state index in [1.807, 2.05) is 12.3 Å². The van der Waals surface area contributed by atoms with E-state index in [1.54, 1.807) is 0 Å². The molecule has 0 fully saturated rings. The van der Waals surface area contributed by atoms with Gasteiger partial charge in [0, 0.05) is 33.3 Å². The fourth-order valence-electron chi connectivity index (χ4n) is 4.54. The molecular formula is C25H22N2. The van der Waals surface area contributed by atoms with Gasteiger partial charge in [-0.25, -0.2) is 0 Å². The van der Waals surface area contributed by atoms with Crippen LogP contribution < -0.4 is 10.6 Å². The zero-order valence-corrected chi connectivity index (χ0v) is 15.7. The highest BCUT2D eigenvalue weighted by atomic mass is 14.7. The second kappa shape index (κ2) is 5.68. The molecule has 3 aromatic rings. The van der Waals surface area contributed by atoms with Crippen LogP contribution in [0.2, 0.25) is 0 Å². The molecule has 0 amide bonds. The lowest BCUT2D eigenvalue weighted by atomic mass is 9.81. The Balaban J connectivity index is 1.98. The van der Waals surface area contributed by atoms with Gasteiger partial charge < -0.3 is 4.98 Å². The summed E-state index contributed by atoms with van der Waals surface area (Å²) in [6.45, 7) is 9.02. The van der Waals surface area contributed by atoms with Gasteiger partial charge in [0.2, 0.25) is 0 Å². The third-order valence-electron chi connectivity index (χ3n) is 5.86. The van der Waals surface area contributed by atoms with E-state index >= 15 is 0 Å². The van der Waals surface area contributed by atoms with Crippen molar-refractivity contribution < 1.29 is 0 Å². The first-order valence-electron chi connectivity index (χ1n) is 9.42. The van der Waals surface area contributed by atoms with Crippen LogP contribution in [0.25, 0.3) is 28.6 Å². The normalized spacial score (nSPS) is 22.4. The van der Waals surface area contributed by atoms with E-state index in [4.69, 9.17) is 4.98 Å². The number of allylic oxidation sites excluding steroid dienone is 6. The number of nitrogens with one attached hydrogen (secondary N) is 1. The maximum absolute atomic E-state index is 4.80. The summed E-state index contributed by atoms with van der Waals surface area (Å²) >= 11 is 0. The zero-order chi connectivity index (χ0) is 18.6. The molecule has 2 heteroatoms. The molecule has 0 saturated carbocycles. The van der Waals surface area contributed by atoms with Crippen molar-refractivity contribution in [3.63, 3.8) is 0 Å². The topological polar surface area (TPSA) is 28.7 Å². The number of aromatic amines is 1. The van der Waals surface area contributed by atoms with Crippen LogP contribution >= 0.6 is 0 Å². The summed E-state index contributed by atoms with van der Waals surface area (Å²) in [7, 11) is 0. The van der Waals surface area contributed by atoms with Gasteiger partial charge in [-0.2, -0.15) is 0 Å². The fourth-order valence-corrected chi connectivity index (χ4v) is 4.54. The number of nitrogens with zero attached hydrogens (tertiary/aromatic N) is 1. The maximum atomic E-state index is 4.80. The zero-order valence-electron chi connectivity index (χ0n) is 15.7. The Labute approximate surface area is 159 Å². The highest BCUT2D eigenvalue weighted by Crippen LogP contribution is 2.51. The molecule has 2 aromatic heterocycles. The maximum Gasteiger partial charge on any atom is 0.0749 e. The van der Waals surface area contributed by atoms with Gasteiger partial charge in [0.25, 0.3) is 0 Å². The van der Waals surface area contributed by atoms with Gasteiger partial charge in [0.1, 0.15) is 0 Å². The SMILES string of the molecule is C=c1c(=C2/C(=C3/C=CC=CC3)c3ncccc3C2(C)C)[nH]c2ccccc12. The molecule has 2 heterocycles. The molecule has 0 aliphatic heterocycles. The first kappa shape index (κ1) is 16.1. The van der Waals surface area contributed by atoms with Gasteiger partial charge in [-0.1, -0.05) is 69.0 Å². The summed E-state index contributed by atoms with van der Waals surface area (Å²) in [6.07, 6.45) is 11.5. The van der Waals surface area contributed by atoms with Crippen molar-refractivity contribution in [3.05, 3.63) is 94.3 Å². The predicted octanol–water partition coefficient (Wildman–Crippen LogP) is 4.39. The van der Waals surface area contributed by atoms with Crippen LogP contribution in [-0.4, -0.2) is 9.97 Å². The van der Waals surface area contributed by atoms with Crippen molar-refractivity contribution in [1.82, 2.24) is 9.97 Å². The molecule has 0 radical (unpaired) electrons. The fraction of sp³-hybridized carbons (Fsp3) is 0.160. The molecule has 2 nitrogen and oxygen atoms in total. The Morgan fingerprint density at radius 3 is 2.70 bits per heavy atom. The lowest BCUT2D eigenvalue weighted by Crippen LogP contribution is -2.30. The quantitative estimate of drug-likeness (QED) is 0.640. The Hall–Kier alpha value is -3.13. The van der Waals surface area contributed by atoms with Crippen molar-refractivity contribution in [1.29, 1.82) is 0 Å². The van der Waals surface area contributed by atoms with E-state index in [2.05, 4.69) is 80.0 Å². The number of hydrogen-bond acceptors (Lipinski definition) is 1. The lowest BCUT2D eigenvalue weighted by Gasteiger charge is -2.22.